The Kier molecular flexibility index (Phi) is 5.29. The predicted octanol–water partition coefficient (Wildman–Crippen LogP) is 1.97. The number of carbonyl (C=O) groups is 1. The van der Waals surface area contributed by atoms with Crippen LogP contribution >= 0.6 is 11.6 Å². The Morgan fingerprint density at radius 3 is 2.75 bits per heavy atom. The normalized spacial score (nSPS) is 12.2. The van der Waals surface area contributed by atoms with Crippen molar-refractivity contribution in [3.05, 3.63) is 29.8 Å². The Bertz CT molecular complexity index is 352. The first-order valence-electron chi connectivity index (χ1n) is 5.04. The van der Waals surface area contributed by atoms with Crippen LogP contribution in [0.25, 0.3) is 0 Å². The molecule has 3 nitrogen and oxygen atoms in total. The summed E-state index contributed by atoms with van der Waals surface area (Å²) in [5.74, 6) is 0.337. The van der Waals surface area contributed by atoms with Gasteiger partial charge in [-0.2, -0.15) is 0 Å². The molecule has 0 aliphatic carbocycles. The molecule has 4 heteroatoms. The number of aliphatic hydroxyl groups excluding tert-OH is 1. The van der Waals surface area contributed by atoms with Gasteiger partial charge < -0.3 is 9.84 Å². The lowest BCUT2D eigenvalue weighted by Crippen LogP contribution is -2.12. The van der Waals surface area contributed by atoms with E-state index < -0.39 is 0 Å². The van der Waals surface area contributed by atoms with Gasteiger partial charge in [-0.05, 0) is 11.6 Å². The number of methoxy groups -OCH3 is 1. The van der Waals surface area contributed by atoms with Gasteiger partial charge in [0.05, 0.1) is 19.6 Å². The SMILES string of the molecule is COc1ccccc1[C@@H](CO)CC(=O)CCl. The fraction of sp³-hybridized carbons (Fsp3) is 0.417. The quantitative estimate of drug-likeness (QED) is 0.776. The number of Topliss-reactive ketones (excluding diaryl/α,β-unsaturated/α-hetero) is 1. The third kappa shape index (κ3) is 3.22. The monoisotopic (exact) mass is 242 g/mol. The van der Waals surface area contributed by atoms with Crippen molar-refractivity contribution in [3.8, 4) is 5.75 Å². The second-order valence-corrected chi connectivity index (χ2v) is 3.77. The van der Waals surface area contributed by atoms with Gasteiger partial charge >= 0.3 is 0 Å². The number of alkyl halides is 1. The maximum atomic E-state index is 11.3. The molecule has 0 unspecified atom stereocenters. The minimum Gasteiger partial charge on any atom is -0.496 e. The molecule has 0 amide bonds. The molecular formula is C12H15ClO3. The van der Waals surface area contributed by atoms with Crippen molar-refractivity contribution in [3.63, 3.8) is 0 Å². The van der Waals surface area contributed by atoms with Crippen LogP contribution in [0.5, 0.6) is 5.75 Å². The van der Waals surface area contributed by atoms with E-state index >= 15 is 0 Å². The van der Waals surface area contributed by atoms with Gasteiger partial charge in [-0.15, -0.1) is 11.6 Å². The number of hydrogen-bond acceptors (Lipinski definition) is 3. The number of ether oxygens (including phenoxy) is 1. The summed E-state index contributed by atoms with van der Waals surface area (Å²) in [7, 11) is 1.57. The average molecular weight is 243 g/mol. The van der Waals surface area contributed by atoms with Gasteiger partial charge in [0.2, 0.25) is 0 Å². The second-order valence-electron chi connectivity index (χ2n) is 3.50. The average Bonchev–Trinajstić information content (AvgIpc) is 2.35. The number of aliphatic hydroxyl groups is 1. The highest BCUT2D eigenvalue weighted by atomic mass is 35.5. The molecule has 0 spiro atoms. The molecule has 0 bridgehead atoms. The number of carbonyl (C=O) groups excluding carboxylic acids is 1. The Hall–Kier alpha value is -1.06. The van der Waals surface area contributed by atoms with E-state index in [0.717, 1.165) is 5.56 Å². The lowest BCUT2D eigenvalue weighted by molar-refractivity contribution is -0.117. The fourth-order valence-corrected chi connectivity index (χ4v) is 1.72. The number of rotatable bonds is 6. The molecule has 16 heavy (non-hydrogen) atoms. The van der Waals surface area contributed by atoms with Gasteiger partial charge in [-0.25, -0.2) is 0 Å². The van der Waals surface area contributed by atoms with E-state index in [-0.39, 0.29) is 30.6 Å². The smallest absolute Gasteiger partial charge is 0.148 e. The highest BCUT2D eigenvalue weighted by Crippen LogP contribution is 2.28. The van der Waals surface area contributed by atoms with Gasteiger partial charge in [0.25, 0.3) is 0 Å². The van der Waals surface area contributed by atoms with E-state index in [1.165, 1.54) is 0 Å². The van der Waals surface area contributed by atoms with Crippen molar-refractivity contribution in [2.75, 3.05) is 19.6 Å². The van der Waals surface area contributed by atoms with Crippen LogP contribution in [0.2, 0.25) is 0 Å². The van der Waals surface area contributed by atoms with Crippen molar-refractivity contribution in [1.82, 2.24) is 0 Å². The molecule has 0 aromatic heterocycles. The van der Waals surface area contributed by atoms with Crippen molar-refractivity contribution in [2.24, 2.45) is 0 Å². The molecule has 1 aromatic rings. The van der Waals surface area contributed by atoms with Gasteiger partial charge in [0.15, 0.2) is 0 Å². The molecule has 1 N–H and O–H groups in total. The largest absolute Gasteiger partial charge is 0.496 e. The topological polar surface area (TPSA) is 46.5 Å². The van der Waals surface area contributed by atoms with Crippen LogP contribution in [0.3, 0.4) is 0 Å². The summed E-state index contributed by atoms with van der Waals surface area (Å²) in [6, 6.07) is 7.36. The maximum absolute atomic E-state index is 11.3. The zero-order chi connectivity index (χ0) is 12.0. The Labute approximate surface area is 100.0 Å². The van der Waals surface area contributed by atoms with Gasteiger partial charge in [0, 0.05) is 12.3 Å². The molecule has 1 atom stereocenters. The first-order chi connectivity index (χ1) is 7.72. The zero-order valence-corrected chi connectivity index (χ0v) is 9.91. The van der Waals surface area contributed by atoms with E-state index in [9.17, 15) is 9.90 Å². The van der Waals surface area contributed by atoms with Crippen molar-refractivity contribution in [2.45, 2.75) is 12.3 Å². The second kappa shape index (κ2) is 6.51. The van der Waals surface area contributed by atoms with Crippen LogP contribution in [0.4, 0.5) is 0 Å². The molecule has 1 rings (SSSR count). The summed E-state index contributed by atoms with van der Waals surface area (Å²) in [5.41, 5.74) is 0.839. The maximum Gasteiger partial charge on any atom is 0.148 e. The summed E-state index contributed by atoms with van der Waals surface area (Å²) < 4.78 is 5.19. The van der Waals surface area contributed by atoms with Crippen LogP contribution in [-0.2, 0) is 4.79 Å². The van der Waals surface area contributed by atoms with Crippen LogP contribution in [0.15, 0.2) is 24.3 Å². The van der Waals surface area contributed by atoms with Gasteiger partial charge in [0.1, 0.15) is 11.5 Å². The number of ketones is 1. The highest BCUT2D eigenvalue weighted by Gasteiger charge is 2.17. The number of halogens is 1. The third-order valence-corrected chi connectivity index (χ3v) is 2.72. The molecule has 0 fully saturated rings. The van der Waals surface area contributed by atoms with E-state index in [1.54, 1.807) is 7.11 Å². The Morgan fingerprint density at radius 2 is 2.19 bits per heavy atom. The summed E-state index contributed by atoms with van der Waals surface area (Å²) >= 11 is 5.45. The molecular weight excluding hydrogens is 228 g/mol. The first kappa shape index (κ1) is 13.0. The van der Waals surface area contributed by atoms with E-state index in [2.05, 4.69) is 0 Å². The standard InChI is InChI=1S/C12H15ClO3/c1-16-12-5-3-2-4-11(12)9(8-14)6-10(15)7-13/h2-5,9,14H,6-8H2,1H3/t9-/m1/s1. The minimum absolute atomic E-state index is 0.0222. The molecule has 88 valence electrons. The molecule has 1 aromatic carbocycles. The minimum atomic E-state index is -0.248. The molecule has 0 saturated carbocycles. The Morgan fingerprint density at radius 1 is 1.50 bits per heavy atom. The van der Waals surface area contributed by atoms with Crippen molar-refractivity contribution < 1.29 is 14.6 Å². The van der Waals surface area contributed by atoms with Crippen LogP contribution in [-0.4, -0.2) is 30.5 Å². The molecule has 0 saturated heterocycles. The lowest BCUT2D eigenvalue weighted by atomic mass is 9.94. The lowest BCUT2D eigenvalue weighted by Gasteiger charge is -2.16. The van der Waals surface area contributed by atoms with Crippen LogP contribution < -0.4 is 4.74 Å². The van der Waals surface area contributed by atoms with Crippen molar-refractivity contribution in [1.29, 1.82) is 0 Å². The number of para-hydroxylation sites is 1. The molecule has 0 heterocycles. The summed E-state index contributed by atoms with van der Waals surface area (Å²) in [4.78, 5) is 11.3. The fourth-order valence-electron chi connectivity index (χ4n) is 1.61. The Balaban J connectivity index is 2.89. The molecule has 0 aliphatic heterocycles. The van der Waals surface area contributed by atoms with Crippen molar-refractivity contribution >= 4 is 17.4 Å². The number of hydrogen-bond donors (Lipinski definition) is 1. The predicted molar refractivity (Wildman–Crippen MR) is 63.2 cm³/mol. The summed E-state index contributed by atoms with van der Waals surface area (Å²) in [6.45, 7) is -0.0942. The van der Waals surface area contributed by atoms with E-state index in [1.807, 2.05) is 24.3 Å². The van der Waals surface area contributed by atoms with Gasteiger partial charge in [-0.3, -0.25) is 4.79 Å². The zero-order valence-electron chi connectivity index (χ0n) is 9.15. The highest BCUT2D eigenvalue weighted by molar-refractivity contribution is 6.27. The molecule has 0 radical (unpaired) electrons. The van der Waals surface area contributed by atoms with Crippen LogP contribution in [0, 0.1) is 0 Å². The van der Waals surface area contributed by atoms with Crippen LogP contribution in [0.1, 0.15) is 17.9 Å². The van der Waals surface area contributed by atoms with E-state index in [4.69, 9.17) is 16.3 Å². The van der Waals surface area contributed by atoms with Gasteiger partial charge in [-0.1, -0.05) is 18.2 Å². The summed E-state index contributed by atoms with van der Waals surface area (Å²) in [5, 5.41) is 9.29. The number of benzene rings is 1. The van der Waals surface area contributed by atoms with E-state index in [0.29, 0.717) is 5.75 Å². The molecule has 0 aliphatic rings. The first-order valence-corrected chi connectivity index (χ1v) is 5.57. The third-order valence-electron chi connectivity index (χ3n) is 2.42. The summed E-state index contributed by atoms with van der Waals surface area (Å²) in [6.07, 6.45) is 0.236.